The molecule has 13 heteroatoms. The number of benzene rings is 2. The molecule has 0 spiro atoms. The molecule has 0 saturated carbocycles. The van der Waals surface area contributed by atoms with E-state index in [0.717, 1.165) is 55.0 Å². The van der Waals surface area contributed by atoms with Gasteiger partial charge in [0.25, 0.3) is 11.8 Å². The molecule has 238 valence electrons. The Morgan fingerprint density at radius 2 is 1.67 bits per heavy atom. The SMILES string of the molecule is Fc1ccc(Cl)cc1.NC(=O)CCCCCCCCCNC(=O)c1cc(NC(=O)c2nsc3ccccc23)c2n1CC(=O)NC2. The lowest BCUT2D eigenvalue weighted by molar-refractivity contribution is -0.122. The Bertz CT molecular complexity index is 1620. The smallest absolute Gasteiger partial charge is 0.276 e. The van der Waals surface area contributed by atoms with Crippen LogP contribution in [0.3, 0.4) is 0 Å². The standard InChI is InChI=1S/C26H32N6O4S.C6H4ClF/c27-22(33)12-6-4-2-1-3-5-9-13-28-25(35)19-14-18(20-15-29-23(34)16-32(19)20)30-26(36)24-17-10-7-8-11-21(17)37-31-24;7-5-1-3-6(8)4-2-5/h7-8,10-11,14H,1-6,9,12-13,15-16H2,(H2,27,33)(H,28,35)(H,29,34)(H,30,36);1-4H. The number of aromatic nitrogens is 2. The maximum Gasteiger partial charge on any atom is 0.276 e. The van der Waals surface area contributed by atoms with Gasteiger partial charge in [0.15, 0.2) is 0 Å². The van der Waals surface area contributed by atoms with E-state index < -0.39 is 0 Å². The molecule has 0 atom stereocenters. The number of carbonyl (C=O) groups is 4. The lowest BCUT2D eigenvalue weighted by Crippen LogP contribution is -2.37. The zero-order valence-corrected chi connectivity index (χ0v) is 26.3. The van der Waals surface area contributed by atoms with E-state index in [-0.39, 0.29) is 42.5 Å². The fourth-order valence-electron chi connectivity index (χ4n) is 4.90. The Labute approximate surface area is 269 Å². The maximum absolute atomic E-state index is 13.0. The third-order valence-electron chi connectivity index (χ3n) is 7.23. The highest BCUT2D eigenvalue weighted by molar-refractivity contribution is 7.13. The Morgan fingerprint density at radius 1 is 0.978 bits per heavy atom. The summed E-state index contributed by atoms with van der Waals surface area (Å²) in [6.45, 7) is 0.766. The van der Waals surface area contributed by atoms with Crippen molar-refractivity contribution in [1.29, 1.82) is 0 Å². The highest BCUT2D eigenvalue weighted by atomic mass is 35.5. The van der Waals surface area contributed by atoms with Crippen molar-refractivity contribution >= 4 is 62.5 Å². The first-order chi connectivity index (χ1) is 21.7. The van der Waals surface area contributed by atoms with Crippen LogP contribution in [0.25, 0.3) is 10.1 Å². The number of amides is 4. The van der Waals surface area contributed by atoms with Crippen molar-refractivity contribution in [2.45, 2.75) is 64.5 Å². The quantitative estimate of drug-likeness (QED) is 0.135. The molecule has 0 saturated heterocycles. The highest BCUT2D eigenvalue weighted by Crippen LogP contribution is 2.27. The van der Waals surface area contributed by atoms with Crippen LogP contribution < -0.4 is 21.7 Å². The zero-order valence-electron chi connectivity index (χ0n) is 24.7. The van der Waals surface area contributed by atoms with Gasteiger partial charge in [0.2, 0.25) is 11.8 Å². The third kappa shape index (κ3) is 9.85. The summed E-state index contributed by atoms with van der Waals surface area (Å²) in [6, 6.07) is 14.8. The van der Waals surface area contributed by atoms with Crippen molar-refractivity contribution < 1.29 is 23.6 Å². The van der Waals surface area contributed by atoms with Crippen LogP contribution in [-0.2, 0) is 22.7 Å². The molecule has 0 aliphatic carbocycles. The van der Waals surface area contributed by atoms with Gasteiger partial charge in [-0.05, 0) is 60.8 Å². The number of hydrogen-bond donors (Lipinski definition) is 4. The van der Waals surface area contributed by atoms with E-state index in [9.17, 15) is 23.6 Å². The molecule has 45 heavy (non-hydrogen) atoms. The van der Waals surface area contributed by atoms with Gasteiger partial charge in [0, 0.05) is 23.4 Å². The molecule has 0 bridgehead atoms. The number of unbranched alkanes of at least 4 members (excludes halogenated alkanes) is 6. The van der Waals surface area contributed by atoms with E-state index in [0.29, 0.717) is 40.8 Å². The van der Waals surface area contributed by atoms with Gasteiger partial charge in [-0.25, -0.2) is 4.39 Å². The summed E-state index contributed by atoms with van der Waals surface area (Å²) in [5.41, 5.74) is 6.99. The predicted molar refractivity (Wildman–Crippen MR) is 174 cm³/mol. The molecule has 0 unspecified atom stereocenters. The fourth-order valence-corrected chi connectivity index (χ4v) is 5.80. The number of anilines is 1. The largest absolute Gasteiger partial charge is 0.370 e. The predicted octanol–water partition coefficient (Wildman–Crippen LogP) is 5.79. The second kappa shape index (κ2) is 16.7. The molecule has 1 aliphatic rings. The van der Waals surface area contributed by atoms with Gasteiger partial charge >= 0.3 is 0 Å². The van der Waals surface area contributed by atoms with Crippen molar-refractivity contribution in [1.82, 2.24) is 19.6 Å². The molecule has 0 fully saturated rings. The first-order valence-electron chi connectivity index (χ1n) is 14.9. The number of rotatable bonds is 13. The summed E-state index contributed by atoms with van der Waals surface area (Å²) >= 11 is 6.70. The number of fused-ring (bicyclic) bond motifs is 2. The van der Waals surface area contributed by atoms with Crippen LogP contribution in [0.1, 0.15) is 78.0 Å². The number of nitrogens with two attached hydrogens (primary N) is 1. The lowest BCUT2D eigenvalue weighted by Gasteiger charge is -2.19. The minimum atomic E-state index is -0.357. The Balaban J connectivity index is 0.000000501. The molecule has 5 N–H and O–H groups in total. The second-order valence-corrected chi connectivity index (χ2v) is 11.9. The minimum Gasteiger partial charge on any atom is -0.370 e. The molecule has 4 amide bonds. The highest BCUT2D eigenvalue weighted by Gasteiger charge is 2.27. The van der Waals surface area contributed by atoms with Gasteiger partial charge in [-0.15, -0.1) is 0 Å². The summed E-state index contributed by atoms with van der Waals surface area (Å²) in [4.78, 5) is 48.8. The molecular formula is C32H36ClFN6O4S. The van der Waals surface area contributed by atoms with Gasteiger partial charge in [0.05, 0.1) is 22.6 Å². The first kappa shape index (κ1) is 33.6. The van der Waals surface area contributed by atoms with Crippen LogP contribution in [0.15, 0.2) is 54.6 Å². The topological polar surface area (TPSA) is 148 Å². The minimum absolute atomic E-state index is 0.0172. The van der Waals surface area contributed by atoms with Gasteiger partial charge in [-0.3, -0.25) is 19.2 Å². The van der Waals surface area contributed by atoms with Gasteiger partial charge in [-0.2, -0.15) is 4.37 Å². The van der Waals surface area contributed by atoms with Crippen LogP contribution in [0.4, 0.5) is 10.1 Å². The number of hydrogen-bond acceptors (Lipinski definition) is 6. The monoisotopic (exact) mass is 654 g/mol. The zero-order chi connectivity index (χ0) is 32.2. The number of nitrogens with one attached hydrogen (secondary N) is 3. The van der Waals surface area contributed by atoms with Crippen molar-refractivity contribution in [3.05, 3.63) is 82.5 Å². The second-order valence-electron chi connectivity index (χ2n) is 10.6. The van der Waals surface area contributed by atoms with Crippen molar-refractivity contribution in [3.8, 4) is 0 Å². The van der Waals surface area contributed by atoms with Crippen LogP contribution in [0.5, 0.6) is 0 Å². The molecule has 2 aromatic carbocycles. The molecule has 3 heterocycles. The molecule has 4 aromatic rings. The molecular weight excluding hydrogens is 619 g/mol. The number of carbonyl (C=O) groups excluding carboxylic acids is 4. The van der Waals surface area contributed by atoms with Crippen LogP contribution in [0.2, 0.25) is 5.02 Å². The molecule has 1 aliphatic heterocycles. The van der Waals surface area contributed by atoms with E-state index in [2.05, 4.69) is 20.3 Å². The van der Waals surface area contributed by atoms with Gasteiger partial charge in [-0.1, -0.05) is 61.9 Å². The van der Waals surface area contributed by atoms with Crippen molar-refractivity contribution in [2.24, 2.45) is 5.73 Å². The summed E-state index contributed by atoms with van der Waals surface area (Å²) in [7, 11) is 0. The van der Waals surface area contributed by atoms with E-state index in [1.54, 1.807) is 10.6 Å². The van der Waals surface area contributed by atoms with E-state index in [1.165, 1.54) is 35.8 Å². The summed E-state index contributed by atoms with van der Waals surface area (Å²) in [5, 5.41) is 9.95. The van der Waals surface area contributed by atoms with Crippen LogP contribution in [-0.4, -0.2) is 39.1 Å². The average Bonchev–Trinajstić information content (AvgIpc) is 3.61. The van der Waals surface area contributed by atoms with E-state index in [1.807, 2.05) is 24.3 Å². The van der Waals surface area contributed by atoms with Crippen LogP contribution in [0, 0.1) is 5.82 Å². The average molecular weight is 655 g/mol. The Hall–Kier alpha value is -4.29. The number of halogens is 2. The molecule has 2 aromatic heterocycles. The Morgan fingerprint density at radius 3 is 2.38 bits per heavy atom. The summed E-state index contributed by atoms with van der Waals surface area (Å²) in [6.07, 6.45) is 7.36. The van der Waals surface area contributed by atoms with Crippen LogP contribution >= 0.6 is 23.1 Å². The summed E-state index contributed by atoms with van der Waals surface area (Å²) < 4.78 is 18.9. The van der Waals surface area contributed by atoms with Gasteiger partial charge in [0.1, 0.15) is 23.7 Å². The fraction of sp³-hybridized carbons (Fsp3) is 0.344. The Kier molecular flexibility index (Phi) is 12.5. The van der Waals surface area contributed by atoms with Gasteiger partial charge < -0.3 is 26.3 Å². The van der Waals surface area contributed by atoms with E-state index >= 15 is 0 Å². The normalized spacial score (nSPS) is 12.1. The number of nitrogens with zero attached hydrogens (tertiary/aromatic N) is 2. The first-order valence-corrected chi connectivity index (χ1v) is 16.0. The number of primary amides is 1. The summed E-state index contributed by atoms with van der Waals surface area (Å²) in [5.74, 6) is -1.32. The molecule has 10 nitrogen and oxygen atoms in total. The lowest BCUT2D eigenvalue weighted by atomic mass is 10.1. The van der Waals surface area contributed by atoms with Crippen molar-refractivity contribution in [3.63, 3.8) is 0 Å². The molecule has 5 rings (SSSR count). The van der Waals surface area contributed by atoms with Crippen molar-refractivity contribution in [2.75, 3.05) is 11.9 Å². The molecule has 0 radical (unpaired) electrons. The van der Waals surface area contributed by atoms with E-state index in [4.69, 9.17) is 17.3 Å². The maximum atomic E-state index is 13.0. The third-order valence-corrected chi connectivity index (χ3v) is 8.30.